The minimum atomic E-state index is -0.801. The molecule has 0 fully saturated rings. The van der Waals surface area contributed by atoms with Crippen molar-refractivity contribution in [1.82, 2.24) is 4.40 Å². The van der Waals surface area contributed by atoms with Crippen LogP contribution in [-0.4, -0.2) is 15.5 Å². The summed E-state index contributed by atoms with van der Waals surface area (Å²) in [6.45, 7) is 2.06. The van der Waals surface area contributed by atoms with E-state index in [-0.39, 0.29) is 6.42 Å². The molecule has 3 nitrogen and oxygen atoms in total. The van der Waals surface area contributed by atoms with Crippen LogP contribution in [0.2, 0.25) is 0 Å². The Bertz CT molecular complexity index is 737. The molecule has 0 amide bonds. The van der Waals surface area contributed by atoms with Crippen molar-refractivity contribution in [3.8, 4) is 11.1 Å². The molecule has 0 bridgehead atoms. The highest BCUT2D eigenvalue weighted by atomic mass is 32.1. The van der Waals surface area contributed by atoms with Gasteiger partial charge in [-0.2, -0.15) is 0 Å². The van der Waals surface area contributed by atoms with E-state index >= 15 is 0 Å². The first-order valence-corrected chi connectivity index (χ1v) is 6.89. The SMILES string of the molecule is Cc1ccc(-c2cc3scc(CC(=O)O)n3c2)cc1. The molecule has 3 aromatic rings. The van der Waals surface area contributed by atoms with E-state index in [1.54, 1.807) is 11.3 Å². The summed E-state index contributed by atoms with van der Waals surface area (Å²) in [5, 5.41) is 10.8. The second-order valence-corrected chi connectivity index (χ2v) is 5.49. The zero-order chi connectivity index (χ0) is 13.4. The Hall–Kier alpha value is -2.07. The fraction of sp³-hybridized carbons (Fsp3) is 0.133. The molecule has 2 heterocycles. The van der Waals surface area contributed by atoms with Gasteiger partial charge in [-0.25, -0.2) is 0 Å². The third-order valence-corrected chi connectivity index (χ3v) is 4.07. The van der Waals surface area contributed by atoms with Crippen molar-refractivity contribution in [1.29, 1.82) is 0 Å². The summed E-state index contributed by atoms with van der Waals surface area (Å²) >= 11 is 1.57. The van der Waals surface area contributed by atoms with Crippen LogP contribution in [0.3, 0.4) is 0 Å². The summed E-state index contributed by atoms with van der Waals surface area (Å²) < 4.78 is 1.97. The number of aliphatic carboxylic acids is 1. The lowest BCUT2D eigenvalue weighted by atomic mass is 10.1. The number of hydrogen-bond acceptors (Lipinski definition) is 2. The largest absolute Gasteiger partial charge is 0.481 e. The summed E-state index contributed by atoms with van der Waals surface area (Å²) in [5.74, 6) is -0.801. The number of carboxylic acids is 1. The van der Waals surface area contributed by atoms with Crippen molar-refractivity contribution in [2.24, 2.45) is 0 Å². The lowest BCUT2D eigenvalue weighted by molar-refractivity contribution is -0.136. The molecule has 0 aliphatic carbocycles. The van der Waals surface area contributed by atoms with E-state index in [0.717, 1.165) is 21.7 Å². The van der Waals surface area contributed by atoms with E-state index in [0.29, 0.717) is 0 Å². The van der Waals surface area contributed by atoms with Crippen molar-refractivity contribution in [2.75, 3.05) is 0 Å². The molecule has 1 aromatic carbocycles. The van der Waals surface area contributed by atoms with Crippen molar-refractivity contribution in [2.45, 2.75) is 13.3 Å². The van der Waals surface area contributed by atoms with Gasteiger partial charge in [-0.1, -0.05) is 29.8 Å². The number of thiazole rings is 1. The van der Waals surface area contributed by atoms with Crippen molar-refractivity contribution < 1.29 is 9.90 Å². The first-order valence-electron chi connectivity index (χ1n) is 6.01. The monoisotopic (exact) mass is 271 g/mol. The van der Waals surface area contributed by atoms with Crippen LogP contribution >= 0.6 is 11.3 Å². The summed E-state index contributed by atoms with van der Waals surface area (Å²) in [6, 6.07) is 10.4. The highest BCUT2D eigenvalue weighted by Gasteiger charge is 2.10. The highest BCUT2D eigenvalue weighted by Crippen LogP contribution is 2.27. The minimum absolute atomic E-state index is 0.0576. The molecule has 0 unspecified atom stereocenters. The predicted molar refractivity (Wildman–Crippen MR) is 76.8 cm³/mol. The Morgan fingerprint density at radius 1 is 1.26 bits per heavy atom. The number of aromatic nitrogens is 1. The van der Waals surface area contributed by atoms with Crippen LogP contribution in [0.5, 0.6) is 0 Å². The fourth-order valence-corrected chi connectivity index (χ4v) is 3.06. The normalized spacial score (nSPS) is 11.0. The third kappa shape index (κ3) is 2.27. The van der Waals surface area contributed by atoms with Gasteiger partial charge in [0.05, 0.1) is 11.3 Å². The van der Waals surface area contributed by atoms with Crippen LogP contribution in [0.4, 0.5) is 0 Å². The molecule has 96 valence electrons. The van der Waals surface area contributed by atoms with E-state index in [9.17, 15) is 4.79 Å². The lowest BCUT2D eigenvalue weighted by Gasteiger charge is -1.98. The van der Waals surface area contributed by atoms with Crippen LogP contribution < -0.4 is 0 Å². The molecule has 0 radical (unpaired) electrons. The van der Waals surface area contributed by atoms with Gasteiger partial charge in [0.15, 0.2) is 0 Å². The second-order valence-electron chi connectivity index (χ2n) is 4.60. The second kappa shape index (κ2) is 4.55. The van der Waals surface area contributed by atoms with Gasteiger partial charge in [0.1, 0.15) is 0 Å². The number of carboxylic acid groups (broad SMARTS) is 1. The number of carbonyl (C=O) groups is 1. The predicted octanol–water partition coefficient (Wildman–Crippen LogP) is 3.60. The smallest absolute Gasteiger partial charge is 0.309 e. The average Bonchev–Trinajstić information content (AvgIpc) is 2.92. The van der Waals surface area contributed by atoms with Gasteiger partial charge in [-0.05, 0) is 18.6 Å². The standard InChI is InChI=1S/C15H13NO2S/c1-10-2-4-11(5-3-10)12-6-14-16(8-12)13(9-19-14)7-15(17)18/h2-6,8-9H,7H2,1H3,(H,17,18). The van der Waals surface area contributed by atoms with E-state index in [2.05, 4.69) is 37.3 Å². The van der Waals surface area contributed by atoms with Gasteiger partial charge in [-0.15, -0.1) is 11.3 Å². The van der Waals surface area contributed by atoms with E-state index in [4.69, 9.17) is 5.11 Å². The highest BCUT2D eigenvalue weighted by molar-refractivity contribution is 7.15. The third-order valence-electron chi connectivity index (χ3n) is 3.13. The number of fused-ring (bicyclic) bond motifs is 1. The Labute approximate surface area is 114 Å². The van der Waals surface area contributed by atoms with Gasteiger partial charge >= 0.3 is 5.97 Å². The van der Waals surface area contributed by atoms with Crippen LogP contribution in [0.15, 0.2) is 41.9 Å². The Morgan fingerprint density at radius 3 is 2.68 bits per heavy atom. The lowest BCUT2D eigenvalue weighted by Crippen LogP contribution is -2.01. The van der Waals surface area contributed by atoms with Crippen molar-refractivity contribution in [3.05, 3.63) is 53.2 Å². The molecule has 0 aliphatic heterocycles. The fourth-order valence-electron chi connectivity index (χ4n) is 2.13. The summed E-state index contributed by atoms with van der Waals surface area (Å²) in [7, 11) is 0. The molecule has 0 saturated carbocycles. The van der Waals surface area contributed by atoms with Crippen LogP contribution in [0, 0.1) is 6.92 Å². The van der Waals surface area contributed by atoms with E-state index in [1.807, 2.05) is 16.0 Å². The van der Waals surface area contributed by atoms with Gasteiger partial charge in [0, 0.05) is 22.8 Å². The molecule has 0 atom stereocenters. The first kappa shape index (κ1) is 12.0. The summed E-state index contributed by atoms with van der Waals surface area (Å²) in [6.07, 6.45) is 2.07. The molecule has 4 heteroatoms. The van der Waals surface area contributed by atoms with E-state index in [1.165, 1.54) is 5.56 Å². The van der Waals surface area contributed by atoms with Gasteiger partial charge < -0.3 is 9.51 Å². The van der Waals surface area contributed by atoms with Gasteiger partial charge in [-0.3, -0.25) is 4.79 Å². The van der Waals surface area contributed by atoms with E-state index < -0.39 is 5.97 Å². The topological polar surface area (TPSA) is 41.7 Å². The molecule has 19 heavy (non-hydrogen) atoms. The van der Waals surface area contributed by atoms with Crippen LogP contribution in [0.1, 0.15) is 11.3 Å². The molecule has 0 spiro atoms. The maximum atomic E-state index is 10.8. The Morgan fingerprint density at radius 2 is 2.00 bits per heavy atom. The average molecular weight is 271 g/mol. The number of rotatable bonds is 3. The molecule has 0 aliphatic rings. The maximum Gasteiger partial charge on any atom is 0.309 e. The maximum absolute atomic E-state index is 10.8. The molecule has 1 N–H and O–H groups in total. The van der Waals surface area contributed by atoms with Crippen molar-refractivity contribution >= 4 is 22.1 Å². The zero-order valence-corrected chi connectivity index (χ0v) is 11.3. The Balaban J connectivity index is 2.04. The number of aryl methyl sites for hydroxylation is 1. The molecular formula is C15H13NO2S. The first-order chi connectivity index (χ1) is 9.13. The minimum Gasteiger partial charge on any atom is -0.481 e. The summed E-state index contributed by atoms with van der Waals surface area (Å²) in [5.41, 5.74) is 4.34. The number of benzene rings is 1. The van der Waals surface area contributed by atoms with Crippen molar-refractivity contribution in [3.63, 3.8) is 0 Å². The van der Waals surface area contributed by atoms with Crippen LogP contribution in [0.25, 0.3) is 16.0 Å². The summed E-state index contributed by atoms with van der Waals surface area (Å²) in [4.78, 5) is 11.9. The quantitative estimate of drug-likeness (QED) is 0.790. The molecule has 3 rings (SSSR count). The molecule has 0 saturated heterocycles. The van der Waals surface area contributed by atoms with Gasteiger partial charge in [0.2, 0.25) is 0 Å². The number of hydrogen-bond donors (Lipinski definition) is 1. The zero-order valence-electron chi connectivity index (χ0n) is 10.5. The Kier molecular flexibility index (Phi) is 2.87. The molecular weight excluding hydrogens is 258 g/mol. The number of nitrogens with zero attached hydrogens (tertiary/aromatic N) is 1. The van der Waals surface area contributed by atoms with Gasteiger partial charge in [0.25, 0.3) is 0 Å². The molecule has 2 aromatic heterocycles. The van der Waals surface area contributed by atoms with Crippen LogP contribution in [-0.2, 0) is 11.2 Å².